The summed E-state index contributed by atoms with van der Waals surface area (Å²) in [6.45, 7) is 5.85. The fraction of sp³-hybridized carbons (Fsp3) is 0.833. The molecule has 0 aromatic carbocycles. The van der Waals surface area contributed by atoms with Crippen molar-refractivity contribution in [3.63, 3.8) is 0 Å². The van der Waals surface area contributed by atoms with Crippen LogP contribution in [0.3, 0.4) is 0 Å². The smallest absolute Gasteiger partial charge is 0.237 e. The molecule has 1 fully saturated rings. The fourth-order valence-electron chi connectivity index (χ4n) is 2.17. The summed E-state index contributed by atoms with van der Waals surface area (Å²) >= 11 is 0. The van der Waals surface area contributed by atoms with Gasteiger partial charge in [-0.1, -0.05) is 13.8 Å². The molecule has 0 radical (unpaired) electrons. The second-order valence-corrected chi connectivity index (χ2v) is 5.07. The lowest BCUT2D eigenvalue weighted by Crippen LogP contribution is -2.49. The lowest BCUT2D eigenvalue weighted by molar-refractivity contribution is -0.138. The Hall–Kier alpha value is -1.10. The van der Waals surface area contributed by atoms with Crippen LogP contribution in [0.4, 0.5) is 0 Å². The van der Waals surface area contributed by atoms with Crippen molar-refractivity contribution < 1.29 is 9.59 Å². The number of nitrogens with two attached hydrogens (primary N) is 1. The molecule has 0 spiro atoms. The van der Waals surface area contributed by atoms with Gasteiger partial charge in [0.1, 0.15) is 0 Å². The van der Waals surface area contributed by atoms with Gasteiger partial charge in [-0.15, -0.1) is 0 Å². The summed E-state index contributed by atoms with van der Waals surface area (Å²) in [6, 6.07) is 0.162. The van der Waals surface area contributed by atoms with Crippen LogP contribution in [0.1, 0.15) is 33.1 Å². The van der Waals surface area contributed by atoms with Crippen molar-refractivity contribution in [3.8, 4) is 0 Å². The van der Waals surface area contributed by atoms with Crippen molar-refractivity contribution in [3.05, 3.63) is 0 Å². The summed E-state index contributed by atoms with van der Waals surface area (Å²) in [5.74, 6) is -0.0778. The van der Waals surface area contributed by atoms with Gasteiger partial charge in [-0.3, -0.25) is 9.59 Å². The van der Waals surface area contributed by atoms with E-state index >= 15 is 0 Å². The number of rotatable bonds is 5. The number of piperidine rings is 1. The van der Waals surface area contributed by atoms with Gasteiger partial charge in [-0.2, -0.15) is 0 Å². The van der Waals surface area contributed by atoms with E-state index in [1.807, 2.05) is 13.8 Å². The highest BCUT2D eigenvalue weighted by atomic mass is 16.2. The van der Waals surface area contributed by atoms with Crippen LogP contribution in [0.2, 0.25) is 0 Å². The number of amides is 2. The Morgan fingerprint density at radius 1 is 1.35 bits per heavy atom. The second-order valence-electron chi connectivity index (χ2n) is 5.07. The zero-order chi connectivity index (χ0) is 12.8. The molecule has 0 aromatic rings. The molecule has 3 N–H and O–H groups in total. The molecule has 0 unspecified atom stereocenters. The maximum Gasteiger partial charge on any atom is 0.237 e. The minimum absolute atomic E-state index is 0.0469. The standard InChI is InChI=1S/C12H23N3O2/c1-9(2)7-12(17)15(8-11(13)16)10-3-5-14-6-4-10/h9-10,14H,3-8H2,1-2H3,(H2,13,16). The molecule has 1 rings (SSSR count). The quantitative estimate of drug-likeness (QED) is 0.716. The van der Waals surface area contributed by atoms with Crippen LogP contribution < -0.4 is 11.1 Å². The maximum absolute atomic E-state index is 12.1. The molecule has 5 nitrogen and oxygen atoms in total. The molecule has 1 aliphatic heterocycles. The maximum atomic E-state index is 12.1. The van der Waals surface area contributed by atoms with Crippen LogP contribution in [-0.4, -0.2) is 42.4 Å². The molecule has 1 aliphatic rings. The Kier molecular flexibility index (Phi) is 5.41. The molecular weight excluding hydrogens is 218 g/mol. The highest BCUT2D eigenvalue weighted by Gasteiger charge is 2.26. The lowest BCUT2D eigenvalue weighted by atomic mass is 10.0. The second kappa shape index (κ2) is 6.59. The van der Waals surface area contributed by atoms with E-state index in [1.54, 1.807) is 4.90 Å². The van der Waals surface area contributed by atoms with Gasteiger partial charge in [0, 0.05) is 12.5 Å². The molecule has 2 amide bonds. The van der Waals surface area contributed by atoms with E-state index in [0.717, 1.165) is 25.9 Å². The third-order valence-electron chi connectivity index (χ3n) is 2.98. The number of hydrogen-bond acceptors (Lipinski definition) is 3. The Balaban J connectivity index is 2.64. The minimum atomic E-state index is -0.430. The van der Waals surface area contributed by atoms with Crippen LogP contribution in [0.15, 0.2) is 0 Å². The third kappa shape index (κ3) is 4.73. The number of carbonyl (C=O) groups excluding carboxylic acids is 2. The summed E-state index contributed by atoms with van der Waals surface area (Å²) in [5.41, 5.74) is 5.22. The normalized spacial score (nSPS) is 17.1. The first-order chi connectivity index (χ1) is 8.00. The molecule has 17 heavy (non-hydrogen) atoms. The number of nitrogens with zero attached hydrogens (tertiary/aromatic N) is 1. The Morgan fingerprint density at radius 2 is 1.94 bits per heavy atom. The minimum Gasteiger partial charge on any atom is -0.368 e. The summed E-state index contributed by atoms with van der Waals surface area (Å²) in [5, 5.41) is 3.25. The van der Waals surface area contributed by atoms with Gasteiger partial charge >= 0.3 is 0 Å². The van der Waals surface area contributed by atoms with Crippen LogP contribution >= 0.6 is 0 Å². The van der Waals surface area contributed by atoms with E-state index in [0.29, 0.717) is 12.3 Å². The summed E-state index contributed by atoms with van der Waals surface area (Å²) < 4.78 is 0. The van der Waals surface area contributed by atoms with Crippen molar-refractivity contribution >= 4 is 11.8 Å². The van der Waals surface area contributed by atoms with Gasteiger partial charge in [0.2, 0.25) is 11.8 Å². The zero-order valence-electron chi connectivity index (χ0n) is 10.7. The number of hydrogen-bond donors (Lipinski definition) is 2. The Morgan fingerprint density at radius 3 is 2.41 bits per heavy atom. The molecule has 1 heterocycles. The van der Waals surface area contributed by atoms with Crippen molar-refractivity contribution in [2.75, 3.05) is 19.6 Å². The van der Waals surface area contributed by atoms with Gasteiger partial charge in [0.25, 0.3) is 0 Å². The highest BCUT2D eigenvalue weighted by Crippen LogP contribution is 2.14. The van der Waals surface area contributed by atoms with Gasteiger partial charge in [-0.25, -0.2) is 0 Å². The highest BCUT2D eigenvalue weighted by molar-refractivity contribution is 5.84. The third-order valence-corrected chi connectivity index (χ3v) is 2.98. The van der Waals surface area contributed by atoms with Gasteiger partial charge in [0.15, 0.2) is 0 Å². The van der Waals surface area contributed by atoms with E-state index in [9.17, 15) is 9.59 Å². The van der Waals surface area contributed by atoms with Gasteiger partial charge in [-0.05, 0) is 31.8 Å². The van der Waals surface area contributed by atoms with Crippen LogP contribution in [0.25, 0.3) is 0 Å². The van der Waals surface area contributed by atoms with Crippen molar-refractivity contribution in [1.82, 2.24) is 10.2 Å². The van der Waals surface area contributed by atoms with Gasteiger partial charge < -0.3 is 16.0 Å². The lowest BCUT2D eigenvalue weighted by Gasteiger charge is -2.34. The molecular formula is C12H23N3O2. The van der Waals surface area contributed by atoms with Crippen LogP contribution in [-0.2, 0) is 9.59 Å². The van der Waals surface area contributed by atoms with E-state index < -0.39 is 5.91 Å². The molecule has 0 bridgehead atoms. The molecule has 0 aliphatic carbocycles. The topological polar surface area (TPSA) is 75.4 Å². The first-order valence-corrected chi connectivity index (χ1v) is 6.29. The molecule has 5 heteroatoms. The average Bonchev–Trinajstić information content (AvgIpc) is 2.25. The van der Waals surface area contributed by atoms with E-state index in [2.05, 4.69) is 5.32 Å². The van der Waals surface area contributed by atoms with Gasteiger partial charge in [0.05, 0.1) is 6.54 Å². The molecule has 1 saturated heterocycles. The number of primary amides is 1. The van der Waals surface area contributed by atoms with E-state index in [1.165, 1.54) is 0 Å². The fourth-order valence-corrected chi connectivity index (χ4v) is 2.17. The first kappa shape index (κ1) is 14.0. The molecule has 98 valence electrons. The molecule has 0 atom stereocenters. The van der Waals surface area contributed by atoms with Crippen LogP contribution in [0, 0.1) is 5.92 Å². The predicted octanol–water partition coefficient (Wildman–Crippen LogP) is 0.0984. The average molecular weight is 241 g/mol. The van der Waals surface area contributed by atoms with Crippen molar-refractivity contribution in [2.45, 2.75) is 39.2 Å². The monoisotopic (exact) mass is 241 g/mol. The zero-order valence-corrected chi connectivity index (χ0v) is 10.7. The first-order valence-electron chi connectivity index (χ1n) is 6.29. The van der Waals surface area contributed by atoms with E-state index in [-0.39, 0.29) is 18.5 Å². The Labute approximate surface area is 103 Å². The molecule has 0 saturated carbocycles. The van der Waals surface area contributed by atoms with Crippen molar-refractivity contribution in [1.29, 1.82) is 0 Å². The SMILES string of the molecule is CC(C)CC(=O)N(CC(N)=O)C1CCNCC1. The number of carbonyl (C=O) groups is 2. The van der Waals surface area contributed by atoms with E-state index in [4.69, 9.17) is 5.73 Å². The largest absolute Gasteiger partial charge is 0.368 e. The summed E-state index contributed by atoms with van der Waals surface area (Å²) in [4.78, 5) is 24.8. The van der Waals surface area contributed by atoms with Crippen LogP contribution in [0.5, 0.6) is 0 Å². The number of nitrogens with one attached hydrogen (secondary N) is 1. The molecule has 0 aromatic heterocycles. The summed E-state index contributed by atoms with van der Waals surface area (Å²) in [6.07, 6.45) is 2.28. The Bertz CT molecular complexity index is 273. The summed E-state index contributed by atoms with van der Waals surface area (Å²) in [7, 11) is 0. The predicted molar refractivity (Wildman–Crippen MR) is 66.3 cm³/mol. The van der Waals surface area contributed by atoms with Crippen molar-refractivity contribution in [2.24, 2.45) is 11.7 Å².